The molecule has 0 amide bonds. The van der Waals surface area contributed by atoms with Crippen molar-refractivity contribution in [3.8, 4) is 11.5 Å². The standard InChI is InChI=1S/C21H27ClN2O4/c1-5-21(3,4)23-13-16-11-19(27-6-2)20(12-18(16)22)28-14-15-7-9-17(10-8-15)24(25)26/h7-12,23H,5-6,13-14H2,1-4H3. The summed E-state index contributed by atoms with van der Waals surface area (Å²) in [7, 11) is 0. The Morgan fingerprint density at radius 1 is 1.11 bits per heavy atom. The summed E-state index contributed by atoms with van der Waals surface area (Å²) in [5.74, 6) is 1.17. The highest BCUT2D eigenvalue weighted by molar-refractivity contribution is 6.31. The fraction of sp³-hybridized carbons (Fsp3) is 0.429. The molecule has 0 heterocycles. The molecular weight excluding hydrogens is 380 g/mol. The number of nitrogens with zero attached hydrogens (tertiary/aromatic N) is 1. The Labute approximate surface area is 171 Å². The van der Waals surface area contributed by atoms with E-state index in [1.807, 2.05) is 13.0 Å². The molecule has 2 rings (SSSR count). The molecule has 0 bridgehead atoms. The molecule has 2 aromatic rings. The Morgan fingerprint density at radius 3 is 2.32 bits per heavy atom. The molecule has 152 valence electrons. The molecule has 28 heavy (non-hydrogen) atoms. The average Bonchev–Trinajstić information content (AvgIpc) is 2.67. The van der Waals surface area contributed by atoms with Crippen molar-refractivity contribution in [1.82, 2.24) is 5.32 Å². The molecule has 7 heteroatoms. The summed E-state index contributed by atoms with van der Waals surface area (Å²) in [6, 6.07) is 9.92. The van der Waals surface area contributed by atoms with Gasteiger partial charge in [0.1, 0.15) is 6.61 Å². The third kappa shape index (κ3) is 6.11. The van der Waals surface area contributed by atoms with E-state index in [-0.39, 0.29) is 17.8 Å². The van der Waals surface area contributed by atoms with Crippen molar-refractivity contribution in [1.29, 1.82) is 0 Å². The molecule has 0 aromatic heterocycles. The number of non-ortho nitro benzene ring substituents is 1. The average molecular weight is 407 g/mol. The number of nitro benzene ring substituents is 1. The highest BCUT2D eigenvalue weighted by Crippen LogP contribution is 2.34. The van der Waals surface area contributed by atoms with E-state index < -0.39 is 4.92 Å². The van der Waals surface area contributed by atoms with Crippen LogP contribution < -0.4 is 14.8 Å². The molecule has 0 spiro atoms. The molecule has 0 fully saturated rings. The molecule has 0 unspecified atom stereocenters. The second-order valence-corrected chi connectivity index (χ2v) is 7.53. The minimum Gasteiger partial charge on any atom is -0.490 e. The maximum atomic E-state index is 10.7. The summed E-state index contributed by atoms with van der Waals surface area (Å²) in [5.41, 5.74) is 1.82. The quantitative estimate of drug-likeness (QED) is 0.416. The summed E-state index contributed by atoms with van der Waals surface area (Å²) in [6.45, 7) is 9.72. The molecule has 0 aliphatic heterocycles. The lowest BCUT2D eigenvalue weighted by Crippen LogP contribution is -2.37. The van der Waals surface area contributed by atoms with Gasteiger partial charge in [0.25, 0.3) is 5.69 Å². The predicted molar refractivity (Wildman–Crippen MR) is 111 cm³/mol. The van der Waals surface area contributed by atoms with Crippen molar-refractivity contribution >= 4 is 17.3 Å². The van der Waals surface area contributed by atoms with Crippen LogP contribution in [0.15, 0.2) is 36.4 Å². The van der Waals surface area contributed by atoms with Crippen LogP contribution in [0.1, 0.15) is 45.2 Å². The fourth-order valence-corrected chi connectivity index (χ4v) is 2.65. The van der Waals surface area contributed by atoms with Crippen LogP contribution >= 0.6 is 11.6 Å². The number of benzene rings is 2. The zero-order chi connectivity index (χ0) is 20.7. The van der Waals surface area contributed by atoms with Crippen LogP contribution in [-0.2, 0) is 13.2 Å². The normalized spacial score (nSPS) is 11.3. The molecule has 2 aromatic carbocycles. The van der Waals surface area contributed by atoms with Crippen LogP contribution in [0.2, 0.25) is 5.02 Å². The summed E-state index contributed by atoms with van der Waals surface area (Å²) in [4.78, 5) is 10.3. The van der Waals surface area contributed by atoms with Crippen LogP contribution in [0.3, 0.4) is 0 Å². The van der Waals surface area contributed by atoms with E-state index >= 15 is 0 Å². The van der Waals surface area contributed by atoms with Crippen molar-refractivity contribution in [2.24, 2.45) is 0 Å². The van der Waals surface area contributed by atoms with Crippen LogP contribution in [-0.4, -0.2) is 17.1 Å². The largest absolute Gasteiger partial charge is 0.490 e. The van der Waals surface area contributed by atoms with E-state index in [9.17, 15) is 10.1 Å². The first-order valence-corrected chi connectivity index (χ1v) is 9.70. The van der Waals surface area contributed by atoms with Crippen LogP contribution in [0.5, 0.6) is 11.5 Å². The van der Waals surface area contributed by atoms with Gasteiger partial charge >= 0.3 is 0 Å². The third-order valence-corrected chi connectivity index (χ3v) is 4.95. The van der Waals surface area contributed by atoms with Gasteiger partial charge in [-0.3, -0.25) is 10.1 Å². The number of hydrogen-bond acceptors (Lipinski definition) is 5. The van der Waals surface area contributed by atoms with Gasteiger partial charge in [0.15, 0.2) is 11.5 Å². The Hall–Kier alpha value is -2.31. The zero-order valence-corrected chi connectivity index (χ0v) is 17.5. The van der Waals surface area contributed by atoms with Crippen molar-refractivity contribution in [3.05, 3.63) is 62.7 Å². The Bertz CT molecular complexity index is 807. The SMILES string of the molecule is CCOc1cc(CNC(C)(C)CC)c(Cl)cc1OCc1ccc([N+](=O)[O-])cc1. The molecule has 0 saturated heterocycles. The second kappa shape index (κ2) is 9.75. The van der Waals surface area contributed by atoms with Gasteiger partial charge in [0, 0.05) is 35.3 Å². The molecule has 0 saturated carbocycles. The van der Waals surface area contributed by atoms with Gasteiger partial charge in [-0.05, 0) is 56.5 Å². The predicted octanol–water partition coefficient (Wildman–Crippen LogP) is 5.50. The van der Waals surface area contributed by atoms with E-state index in [0.29, 0.717) is 29.7 Å². The lowest BCUT2D eigenvalue weighted by atomic mass is 10.0. The topological polar surface area (TPSA) is 73.6 Å². The number of ether oxygens (including phenoxy) is 2. The number of nitro groups is 1. The summed E-state index contributed by atoms with van der Waals surface area (Å²) < 4.78 is 11.6. The number of rotatable bonds is 10. The minimum absolute atomic E-state index is 0.0141. The summed E-state index contributed by atoms with van der Waals surface area (Å²) in [6.07, 6.45) is 0.999. The van der Waals surface area contributed by atoms with Gasteiger partial charge in [-0.1, -0.05) is 18.5 Å². The lowest BCUT2D eigenvalue weighted by molar-refractivity contribution is -0.384. The number of nitrogens with one attached hydrogen (secondary N) is 1. The van der Waals surface area contributed by atoms with Crippen molar-refractivity contribution in [2.45, 2.75) is 52.8 Å². The maximum absolute atomic E-state index is 10.7. The molecule has 0 atom stereocenters. The molecule has 0 radical (unpaired) electrons. The molecule has 0 aliphatic rings. The van der Waals surface area contributed by atoms with E-state index in [1.54, 1.807) is 18.2 Å². The van der Waals surface area contributed by atoms with Gasteiger partial charge in [-0.15, -0.1) is 0 Å². The van der Waals surface area contributed by atoms with Gasteiger partial charge < -0.3 is 14.8 Å². The van der Waals surface area contributed by atoms with E-state index in [0.717, 1.165) is 17.5 Å². The van der Waals surface area contributed by atoms with Crippen LogP contribution in [0.25, 0.3) is 0 Å². The van der Waals surface area contributed by atoms with Gasteiger partial charge in [0.2, 0.25) is 0 Å². The van der Waals surface area contributed by atoms with E-state index in [4.69, 9.17) is 21.1 Å². The lowest BCUT2D eigenvalue weighted by Gasteiger charge is -2.25. The minimum atomic E-state index is -0.426. The molecule has 6 nitrogen and oxygen atoms in total. The Morgan fingerprint density at radius 2 is 1.75 bits per heavy atom. The Kier molecular flexibility index (Phi) is 7.66. The van der Waals surface area contributed by atoms with E-state index in [2.05, 4.69) is 26.1 Å². The molecular formula is C21H27ClN2O4. The maximum Gasteiger partial charge on any atom is 0.269 e. The first kappa shape index (κ1) is 22.0. The first-order chi connectivity index (χ1) is 13.3. The van der Waals surface area contributed by atoms with Crippen LogP contribution in [0.4, 0.5) is 5.69 Å². The molecule has 0 aliphatic carbocycles. The van der Waals surface area contributed by atoms with Gasteiger partial charge in [0.05, 0.1) is 11.5 Å². The first-order valence-electron chi connectivity index (χ1n) is 9.32. The molecule has 1 N–H and O–H groups in total. The zero-order valence-electron chi connectivity index (χ0n) is 16.8. The number of hydrogen-bond donors (Lipinski definition) is 1. The number of halogens is 1. The van der Waals surface area contributed by atoms with Gasteiger partial charge in [-0.2, -0.15) is 0 Å². The smallest absolute Gasteiger partial charge is 0.269 e. The van der Waals surface area contributed by atoms with Gasteiger partial charge in [-0.25, -0.2) is 0 Å². The summed E-state index contributed by atoms with van der Waals surface area (Å²) in [5, 5.41) is 14.8. The highest BCUT2D eigenvalue weighted by atomic mass is 35.5. The third-order valence-electron chi connectivity index (χ3n) is 4.60. The summed E-state index contributed by atoms with van der Waals surface area (Å²) >= 11 is 6.46. The Balaban J connectivity index is 2.14. The highest BCUT2D eigenvalue weighted by Gasteiger charge is 2.17. The van der Waals surface area contributed by atoms with Crippen LogP contribution in [0, 0.1) is 10.1 Å². The van der Waals surface area contributed by atoms with Crippen molar-refractivity contribution in [3.63, 3.8) is 0 Å². The van der Waals surface area contributed by atoms with Crippen molar-refractivity contribution < 1.29 is 14.4 Å². The monoisotopic (exact) mass is 406 g/mol. The fourth-order valence-electron chi connectivity index (χ4n) is 2.43. The second-order valence-electron chi connectivity index (χ2n) is 7.13. The van der Waals surface area contributed by atoms with E-state index in [1.165, 1.54) is 12.1 Å². The van der Waals surface area contributed by atoms with Crippen molar-refractivity contribution in [2.75, 3.05) is 6.61 Å².